The summed E-state index contributed by atoms with van der Waals surface area (Å²) in [7, 11) is 1.77. The maximum absolute atomic E-state index is 6.03. The molecule has 2 aliphatic heterocycles. The van der Waals surface area contributed by atoms with Gasteiger partial charge in [0, 0.05) is 32.8 Å². The smallest absolute Gasteiger partial charge is 0.175 e. The summed E-state index contributed by atoms with van der Waals surface area (Å²) in [5.41, 5.74) is 7.19. The Labute approximate surface area is 133 Å². The number of hydrogen-bond acceptors (Lipinski definition) is 5. The fourth-order valence-corrected chi connectivity index (χ4v) is 3.62. The second-order valence-corrected chi connectivity index (χ2v) is 6.27. The highest BCUT2D eigenvalue weighted by atomic mass is 79.9. The lowest BCUT2D eigenvalue weighted by atomic mass is 10.0. The van der Waals surface area contributed by atoms with Crippen LogP contribution in [0.25, 0.3) is 0 Å². The molecule has 1 saturated heterocycles. The van der Waals surface area contributed by atoms with Gasteiger partial charge in [-0.3, -0.25) is 4.90 Å². The maximum Gasteiger partial charge on any atom is 0.175 e. The number of benzene rings is 1. The Morgan fingerprint density at radius 3 is 2.95 bits per heavy atom. The van der Waals surface area contributed by atoms with Crippen molar-refractivity contribution in [3.05, 3.63) is 22.2 Å². The van der Waals surface area contributed by atoms with Crippen molar-refractivity contribution in [1.82, 2.24) is 4.90 Å². The lowest BCUT2D eigenvalue weighted by Gasteiger charge is -2.29. The molecule has 1 fully saturated rings. The predicted octanol–water partition coefficient (Wildman–Crippen LogP) is 1.94. The van der Waals surface area contributed by atoms with Gasteiger partial charge in [0.25, 0.3) is 0 Å². The molecule has 0 radical (unpaired) electrons. The van der Waals surface area contributed by atoms with Gasteiger partial charge in [-0.1, -0.05) is 0 Å². The molecule has 1 aromatic rings. The first kappa shape index (κ1) is 15.1. The predicted molar refractivity (Wildman–Crippen MR) is 83.9 cm³/mol. The van der Waals surface area contributed by atoms with Crippen molar-refractivity contribution in [2.45, 2.75) is 18.6 Å². The Morgan fingerprint density at radius 1 is 1.43 bits per heavy atom. The van der Waals surface area contributed by atoms with Crippen LogP contribution >= 0.6 is 15.9 Å². The average molecular weight is 357 g/mol. The van der Waals surface area contributed by atoms with E-state index in [4.69, 9.17) is 19.9 Å². The highest BCUT2D eigenvalue weighted by molar-refractivity contribution is 9.10. The first-order valence-electron chi connectivity index (χ1n) is 7.29. The summed E-state index contributed by atoms with van der Waals surface area (Å²) in [6.07, 6.45) is 1.36. The minimum absolute atomic E-state index is 0.178. The van der Waals surface area contributed by atoms with E-state index in [0.717, 1.165) is 41.0 Å². The van der Waals surface area contributed by atoms with Gasteiger partial charge in [0.1, 0.15) is 13.2 Å². The molecule has 2 unspecified atom stereocenters. The Balaban J connectivity index is 1.85. The third-order valence-electron chi connectivity index (χ3n) is 4.18. The lowest BCUT2D eigenvalue weighted by Crippen LogP contribution is -2.33. The Kier molecular flexibility index (Phi) is 4.69. The molecular formula is C15H21BrN2O3. The molecule has 0 aromatic heterocycles. The van der Waals surface area contributed by atoms with E-state index in [1.165, 1.54) is 0 Å². The minimum atomic E-state index is 0.178. The van der Waals surface area contributed by atoms with Gasteiger partial charge in [0.2, 0.25) is 0 Å². The van der Waals surface area contributed by atoms with E-state index in [2.05, 4.69) is 33.0 Å². The molecule has 2 heterocycles. The van der Waals surface area contributed by atoms with E-state index >= 15 is 0 Å². The number of nitrogens with two attached hydrogens (primary N) is 1. The molecule has 0 spiro atoms. The zero-order valence-corrected chi connectivity index (χ0v) is 13.8. The fraction of sp³-hybridized carbons (Fsp3) is 0.600. The largest absolute Gasteiger partial charge is 0.486 e. The summed E-state index contributed by atoms with van der Waals surface area (Å²) in [5.74, 6) is 1.59. The monoisotopic (exact) mass is 356 g/mol. The van der Waals surface area contributed by atoms with Gasteiger partial charge >= 0.3 is 0 Å². The minimum Gasteiger partial charge on any atom is -0.486 e. The van der Waals surface area contributed by atoms with Crippen LogP contribution in [0.1, 0.15) is 18.0 Å². The molecule has 3 rings (SSSR count). The number of nitrogens with zero attached hydrogens (tertiary/aromatic N) is 1. The van der Waals surface area contributed by atoms with Crippen LogP contribution in [-0.2, 0) is 4.74 Å². The highest BCUT2D eigenvalue weighted by Gasteiger charge is 2.29. The third-order valence-corrected chi connectivity index (χ3v) is 4.77. The standard InChI is InChI=1S/C15H21BrN2O3/c1-19-11-2-3-18(9-11)13(8-17)10-6-12(16)15-14(7-10)20-4-5-21-15/h6-7,11,13H,2-5,8-9,17H2,1H3. The van der Waals surface area contributed by atoms with Crippen LogP contribution < -0.4 is 15.2 Å². The van der Waals surface area contributed by atoms with Gasteiger partial charge in [0.15, 0.2) is 11.5 Å². The summed E-state index contributed by atoms with van der Waals surface area (Å²) < 4.78 is 17.7. The van der Waals surface area contributed by atoms with Gasteiger partial charge in [-0.05, 0) is 40.0 Å². The van der Waals surface area contributed by atoms with Gasteiger partial charge in [-0.25, -0.2) is 0 Å². The van der Waals surface area contributed by atoms with Crippen LogP contribution in [-0.4, -0.2) is 51.0 Å². The molecule has 5 nitrogen and oxygen atoms in total. The van der Waals surface area contributed by atoms with Crippen LogP contribution in [0.3, 0.4) is 0 Å². The van der Waals surface area contributed by atoms with Crippen molar-refractivity contribution in [3.63, 3.8) is 0 Å². The number of hydrogen-bond donors (Lipinski definition) is 1. The number of rotatable bonds is 4. The first-order valence-corrected chi connectivity index (χ1v) is 8.08. The molecule has 2 N–H and O–H groups in total. The van der Waals surface area contributed by atoms with Gasteiger partial charge in [0.05, 0.1) is 10.6 Å². The number of ether oxygens (including phenoxy) is 3. The Hall–Kier alpha value is -0.820. The molecule has 0 saturated carbocycles. The number of methoxy groups -OCH3 is 1. The van der Waals surface area contributed by atoms with Crippen molar-refractivity contribution < 1.29 is 14.2 Å². The van der Waals surface area contributed by atoms with Crippen LogP contribution in [0.5, 0.6) is 11.5 Å². The normalized spacial score (nSPS) is 23.3. The van der Waals surface area contributed by atoms with E-state index in [9.17, 15) is 0 Å². The molecule has 21 heavy (non-hydrogen) atoms. The SMILES string of the molecule is COC1CCN(C(CN)c2cc(Br)c3c(c2)OCCO3)C1. The number of halogens is 1. The summed E-state index contributed by atoms with van der Waals surface area (Å²) in [5, 5.41) is 0. The maximum atomic E-state index is 6.03. The lowest BCUT2D eigenvalue weighted by molar-refractivity contribution is 0.101. The molecule has 0 amide bonds. The average Bonchev–Trinajstić information content (AvgIpc) is 2.97. The summed E-state index contributed by atoms with van der Waals surface area (Å²) in [6.45, 7) is 3.68. The zero-order valence-electron chi connectivity index (χ0n) is 12.2. The van der Waals surface area contributed by atoms with Crippen molar-refractivity contribution in [2.24, 2.45) is 5.73 Å². The Bertz CT molecular complexity index is 512. The van der Waals surface area contributed by atoms with Crippen molar-refractivity contribution in [3.8, 4) is 11.5 Å². The molecule has 116 valence electrons. The number of likely N-dealkylation sites (tertiary alicyclic amines) is 1. The Morgan fingerprint density at radius 2 is 2.24 bits per heavy atom. The topological polar surface area (TPSA) is 57.0 Å². The van der Waals surface area contributed by atoms with Crippen molar-refractivity contribution in [1.29, 1.82) is 0 Å². The molecule has 2 aliphatic rings. The summed E-state index contributed by atoms with van der Waals surface area (Å²) >= 11 is 3.58. The van der Waals surface area contributed by atoms with E-state index in [1.807, 2.05) is 0 Å². The van der Waals surface area contributed by atoms with E-state index in [1.54, 1.807) is 7.11 Å². The van der Waals surface area contributed by atoms with Crippen LogP contribution in [0.2, 0.25) is 0 Å². The fourth-order valence-electron chi connectivity index (χ4n) is 3.05. The van der Waals surface area contributed by atoms with Gasteiger partial charge < -0.3 is 19.9 Å². The van der Waals surface area contributed by atoms with Crippen LogP contribution in [0, 0.1) is 0 Å². The summed E-state index contributed by atoms with van der Waals surface area (Å²) in [4.78, 5) is 2.38. The van der Waals surface area contributed by atoms with Crippen molar-refractivity contribution >= 4 is 15.9 Å². The van der Waals surface area contributed by atoms with Gasteiger partial charge in [-0.2, -0.15) is 0 Å². The van der Waals surface area contributed by atoms with Crippen LogP contribution in [0.15, 0.2) is 16.6 Å². The second-order valence-electron chi connectivity index (χ2n) is 5.42. The molecule has 2 atom stereocenters. The van der Waals surface area contributed by atoms with E-state index in [0.29, 0.717) is 25.9 Å². The first-order chi connectivity index (χ1) is 10.2. The second kappa shape index (κ2) is 6.52. The van der Waals surface area contributed by atoms with E-state index < -0.39 is 0 Å². The third kappa shape index (κ3) is 3.04. The van der Waals surface area contributed by atoms with E-state index in [-0.39, 0.29) is 6.04 Å². The molecule has 6 heteroatoms. The van der Waals surface area contributed by atoms with Crippen molar-refractivity contribution in [2.75, 3.05) is 40.0 Å². The van der Waals surface area contributed by atoms with Gasteiger partial charge in [-0.15, -0.1) is 0 Å². The van der Waals surface area contributed by atoms with Crippen LogP contribution in [0.4, 0.5) is 0 Å². The number of fused-ring (bicyclic) bond motifs is 1. The molecular weight excluding hydrogens is 336 g/mol. The quantitative estimate of drug-likeness (QED) is 0.893. The highest BCUT2D eigenvalue weighted by Crippen LogP contribution is 2.41. The zero-order chi connectivity index (χ0) is 14.8. The molecule has 1 aromatic carbocycles. The molecule has 0 aliphatic carbocycles. The molecule has 0 bridgehead atoms. The summed E-state index contributed by atoms with van der Waals surface area (Å²) in [6, 6.07) is 4.32.